The van der Waals surface area contributed by atoms with Crippen molar-refractivity contribution in [3.63, 3.8) is 0 Å². The quantitative estimate of drug-likeness (QED) is 0.407. The normalized spacial score (nSPS) is 10.5. The van der Waals surface area contributed by atoms with Gasteiger partial charge in [-0.3, -0.25) is 0 Å². The van der Waals surface area contributed by atoms with Crippen LogP contribution in [0.15, 0.2) is 66.7 Å². The van der Waals surface area contributed by atoms with Gasteiger partial charge in [-0.05, 0) is 24.3 Å². The van der Waals surface area contributed by atoms with E-state index in [0.29, 0.717) is 23.5 Å². The molecule has 5 N–H and O–H groups in total. The molecule has 0 spiro atoms. The van der Waals surface area contributed by atoms with Crippen molar-refractivity contribution in [2.45, 2.75) is 0 Å². The highest BCUT2D eigenvalue weighted by atomic mass is 15.4. The fourth-order valence-electron chi connectivity index (χ4n) is 2.58. The van der Waals surface area contributed by atoms with Crippen LogP contribution in [0.3, 0.4) is 0 Å². The second-order valence-electron chi connectivity index (χ2n) is 5.87. The summed E-state index contributed by atoms with van der Waals surface area (Å²) in [4.78, 5) is 13.1. The maximum absolute atomic E-state index is 6.07. The number of rotatable bonds is 6. The van der Waals surface area contributed by atoms with Gasteiger partial charge in [-0.2, -0.15) is 19.6 Å². The Morgan fingerprint density at radius 2 is 1.43 bits per heavy atom. The third-order valence-corrected chi connectivity index (χ3v) is 3.86. The zero-order valence-corrected chi connectivity index (χ0v) is 15.2. The van der Waals surface area contributed by atoms with Crippen LogP contribution in [0, 0.1) is 0 Å². The smallest absolute Gasteiger partial charge is 0.248 e. The SMILES string of the molecule is CNc1nc(Nc2ccccc2)cc(-n2nc(Nc3ccccc3)nc2N)n1. The molecule has 0 unspecified atom stereocenters. The molecule has 2 aromatic heterocycles. The first-order valence-electron chi connectivity index (χ1n) is 8.65. The van der Waals surface area contributed by atoms with Crippen molar-refractivity contribution in [1.29, 1.82) is 0 Å². The predicted octanol–water partition coefficient (Wildman–Crippen LogP) is 3.17. The van der Waals surface area contributed by atoms with E-state index in [4.69, 9.17) is 5.73 Å². The van der Waals surface area contributed by atoms with Gasteiger partial charge in [0.1, 0.15) is 5.82 Å². The topological polar surface area (TPSA) is 119 Å². The van der Waals surface area contributed by atoms with Gasteiger partial charge in [-0.25, -0.2) is 0 Å². The second-order valence-corrected chi connectivity index (χ2v) is 5.87. The standard InChI is InChI=1S/C19H19N9/c1-21-18-24-15(22-13-8-4-2-5-9-13)12-16(25-18)28-17(20)26-19(27-28)23-14-10-6-3-7-11-14/h2-12H,1H3,(H3,20,23,26,27)(H2,21,22,24,25). The summed E-state index contributed by atoms with van der Waals surface area (Å²) in [6.45, 7) is 0. The van der Waals surface area contributed by atoms with Gasteiger partial charge in [0.15, 0.2) is 5.82 Å². The molecular formula is C19H19N9. The summed E-state index contributed by atoms with van der Waals surface area (Å²) >= 11 is 0. The molecule has 4 rings (SSSR count). The van der Waals surface area contributed by atoms with E-state index < -0.39 is 0 Å². The minimum Gasteiger partial charge on any atom is -0.368 e. The third kappa shape index (κ3) is 3.83. The Hall–Kier alpha value is -4.14. The summed E-state index contributed by atoms with van der Waals surface area (Å²) in [6.07, 6.45) is 0. The first kappa shape index (κ1) is 17.3. The van der Waals surface area contributed by atoms with Crippen molar-refractivity contribution in [2.75, 3.05) is 28.7 Å². The lowest BCUT2D eigenvalue weighted by Gasteiger charge is -2.10. The Morgan fingerprint density at radius 1 is 0.786 bits per heavy atom. The fraction of sp³-hybridized carbons (Fsp3) is 0.0526. The Bertz CT molecular complexity index is 1060. The number of nitrogens with two attached hydrogens (primary N) is 1. The van der Waals surface area contributed by atoms with E-state index in [2.05, 4.69) is 36.0 Å². The van der Waals surface area contributed by atoms with E-state index in [1.807, 2.05) is 60.7 Å². The molecule has 28 heavy (non-hydrogen) atoms. The van der Waals surface area contributed by atoms with Crippen LogP contribution in [-0.2, 0) is 0 Å². The van der Waals surface area contributed by atoms with Gasteiger partial charge in [0.25, 0.3) is 0 Å². The number of benzene rings is 2. The minimum absolute atomic E-state index is 0.213. The molecule has 9 nitrogen and oxygen atoms in total. The number of hydrogen-bond donors (Lipinski definition) is 4. The van der Waals surface area contributed by atoms with Crippen molar-refractivity contribution in [1.82, 2.24) is 24.7 Å². The average Bonchev–Trinajstić information content (AvgIpc) is 3.09. The van der Waals surface area contributed by atoms with Gasteiger partial charge < -0.3 is 21.7 Å². The molecule has 140 valence electrons. The van der Waals surface area contributed by atoms with Crippen molar-refractivity contribution in [3.05, 3.63) is 66.7 Å². The highest BCUT2D eigenvalue weighted by Gasteiger charge is 2.13. The molecule has 4 aromatic rings. The van der Waals surface area contributed by atoms with Crippen LogP contribution in [0.25, 0.3) is 5.82 Å². The number of nitrogens with one attached hydrogen (secondary N) is 3. The van der Waals surface area contributed by atoms with Crippen molar-refractivity contribution < 1.29 is 0 Å². The molecule has 0 aliphatic rings. The minimum atomic E-state index is 0.213. The summed E-state index contributed by atoms with van der Waals surface area (Å²) < 4.78 is 1.46. The first-order chi connectivity index (χ1) is 13.7. The number of nitrogens with zero attached hydrogens (tertiary/aromatic N) is 5. The highest BCUT2D eigenvalue weighted by molar-refractivity contribution is 5.60. The van der Waals surface area contributed by atoms with E-state index in [9.17, 15) is 0 Å². The predicted molar refractivity (Wildman–Crippen MR) is 110 cm³/mol. The largest absolute Gasteiger partial charge is 0.368 e. The molecular weight excluding hydrogens is 354 g/mol. The highest BCUT2D eigenvalue weighted by Crippen LogP contribution is 2.21. The molecule has 0 atom stereocenters. The summed E-state index contributed by atoms with van der Waals surface area (Å²) in [5, 5.41) is 13.7. The molecule has 0 saturated heterocycles. The number of anilines is 6. The van der Waals surface area contributed by atoms with Gasteiger partial charge in [0.2, 0.25) is 17.8 Å². The molecule has 0 radical (unpaired) electrons. The summed E-state index contributed by atoms with van der Waals surface area (Å²) in [7, 11) is 1.75. The van der Waals surface area contributed by atoms with E-state index in [-0.39, 0.29) is 5.95 Å². The van der Waals surface area contributed by atoms with Crippen molar-refractivity contribution in [2.24, 2.45) is 0 Å². The number of hydrogen-bond acceptors (Lipinski definition) is 8. The van der Waals surface area contributed by atoms with E-state index >= 15 is 0 Å². The Kier molecular flexibility index (Phi) is 4.70. The average molecular weight is 373 g/mol. The number of para-hydroxylation sites is 2. The molecule has 9 heteroatoms. The molecule has 0 amide bonds. The van der Waals surface area contributed by atoms with Crippen molar-refractivity contribution in [3.8, 4) is 5.82 Å². The lowest BCUT2D eigenvalue weighted by atomic mass is 10.3. The fourth-order valence-corrected chi connectivity index (χ4v) is 2.58. The van der Waals surface area contributed by atoms with Crippen LogP contribution in [0.2, 0.25) is 0 Å². The number of nitrogen functional groups attached to an aromatic ring is 1. The zero-order chi connectivity index (χ0) is 19.3. The van der Waals surface area contributed by atoms with Crippen LogP contribution < -0.4 is 21.7 Å². The zero-order valence-electron chi connectivity index (χ0n) is 15.2. The molecule has 0 fully saturated rings. The van der Waals surface area contributed by atoms with Crippen LogP contribution in [0.4, 0.5) is 35.0 Å². The number of aromatic nitrogens is 5. The van der Waals surface area contributed by atoms with Crippen molar-refractivity contribution >= 4 is 35.0 Å². The van der Waals surface area contributed by atoms with Gasteiger partial charge in [0, 0.05) is 24.5 Å². The molecule has 0 bridgehead atoms. The van der Waals surface area contributed by atoms with E-state index in [1.165, 1.54) is 4.68 Å². The lowest BCUT2D eigenvalue weighted by molar-refractivity contribution is 0.854. The Balaban J connectivity index is 1.65. The molecule has 0 aliphatic heterocycles. The Morgan fingerprint density at radius 3 is 2.07 bits per heavy atom. The van der Waals surface area contributed by atoms with Gasteiger partial charge in [-0.15, -0.1) is 5.10 Å². The molecule has 0 aliphatic carbocycles. The van der Waals surface area contributed by atoms with Crippen LogP contribution in [-0.4, -0.2) is 31.8 Å². The summed E-state index contributed by atoms with van der Waals surface area (Å²) in [6, 6.07) is 21.1. The van der Waals surface area contributed by atoms with Gasteiger partial charge in [0.05, 0.1) is 0 Å². The van der Waals surface area contributed by atoms with Crippen LogP contribution in [0.5, 0.6) is 0 Å². The summed E-state index contributed by atoms with van der Waals surface area (Å²) in [5.41, 5.74) is 7.84. The molecule has 2 heterocycles. The second kappa shape index (κ2) is 7.62. The van der Waals surface area contributed by atoms with Gasteiger partial charge in [-0.1, -0.05) is 36.4 Å². The maximum atomic E-state index is 6.07. The van der Waals surface area contributed by atoms with E-state index in [1.54, 1.807) is 13.1 Å². The Labute approximate surface area is 161 Å². The van der Waals surface area contributed by atoms with Crippen LogP contribution >= 0.6 is 0 Å². The lowest BCUT2D eigenvalue weighted by Crippen LogP contribution is -2.09. The molecule has 0 saturated carbocycles. The monoisotopic (exact) mass is 373 g/mol. The van der Waals surface area contributed by atoms with Gasteiger partial charge >= 0.3 is 0 Å². The molecule has 2 aromatic carbocycles. The summed E-state index contributed by atoms with van der Waals surface area (Å²) in [5.74, 6) is 2.12. The van der Waals surface area contributed by atoms with Crippen LogP contribution in [0.1, 0.15) is 0 Å². The van der Waals surface area contributed by atoms with E-state index in [0.717, 1.165) is 11.4 Å². The maximum Gasteiger partial charge on any atom is 0.248 e. The first-order valence-corrected chi connectivity index (χ1v) is 8.65. The third-order valence-electron chi connectivity index (χ3n) is 3.86.